The van der Waals surface area contributed by atoms with Gasteiger partial charge in [0, 0.05) is 31.2 Å². The zero-order chi connectivity index (χ0) is 18.6. The standard InChI is InChI=1S/C24H30N2O/c1-2-24(27)26(21-11-7-4-8-12-21)23-17-20-13-14-22(23)25(18-20)16-15-19-9-5-3-6-10-19/h3-12,20,22-23H,2,13-18H2,1H3/t20-,22-,23+/m1/s1. The quantitative estimate of drug-likeness (QED) is 0.754. The van der Waals surface area contributed by atoms with Gasteiger partial charge in [-0.3, -0.25) is 9.69 Å². The number of piperidine rings is 2. The maximum absolute atomic E-state index is 12.9. The Morgan fingerprint density at radius 2 is 1.74 bits per heavy atom. The van der Waals surface area contributed by atoms with Gasteiger partial charge in [-0.2, -0.15) is 0 Å². The van der Waals surface area contributed by atoms with Gasteiger partial charge in [0.25, 0.3) is 0 Å². The summed E-state index contributed by atoms with van der Waals surface area (Å²) < 4.78 is 0. The van der Waals surface area contributed by atoms with E-state index < -0.39 is 0 Å². The molecule has 2 heterocycles. The maximum atomic E-state index is 12.9. The van der Waals surface area contributed by atoms with Crippen LogP contribution in [0.3, 0.4) is 0 Å². The second-order valence-electron chi connectivity index (χ2n) is 8.00. The van der Waals surface area contributed by atoms with Gasteiger partial charge in [-0.1, -0.05) is 55.5 Å². The van der Waals surface area contributed by atoms with Crippen LogP contribution in [0.4, 0.5) is 5.69 Å². The molecule has 3 fully saturated rings. The molecule has 1 amide bonds. The molecule has 0 aromatic heterocycles. The number of amides is 1. The van der Waals surface area contributed by atoms with Crippen molar-refractivity contribution in [3.05, 3.63) is 66.2 Å². The van der Waals surface area contributed by atoms with Crippen molar-refractivity contribution in [3.8, 4) is 0 Å². The molecular weight excluding hydrogens is 332 g/mol. The van der Waals surface area contributed by atoms with Crippen LogP contribution in [0.1, 0.15) is 38.2 Å². The lowest BCUT2D eigenvalue weighted by Gasteiger charge is -2.53. The van der Waals surface area contributed by atoms with Gasteiger partial charge in [0.05, 0.1) is 6.04 Å². The molecule has 3 aliphatic rings. The lowest BCUT2D eigenvalue weighted by Crippen LogP contribution is -2.62. The van der Waals surface area contributed by atoms with E-state index in [-0.39, 0.29) is 5.91 Å². The molecule has 0 radical (unpaired) electrons. The molecule has 1 aliphatic carbocycles. The van der Waals surface area contributed by atoms with Gasteiger partial charge in [0.2, 0.25) is 5.91 Å². The number of fused-ring (bicyclic) bond motifs is 3. The SMILES string of the molecule is CCC(=O)N(c1ccccc1)[C@H]1C[C@H]2CC[C@H]1N(CCc1ccccc1)C2. The molecular formula is C24H30N2O. The van der Waals surface area contributed by atoms with Crippen molar-refractivity contribution in [1.82, 2.24) is 4.90 Å². The van der Waals surface area contributed by atoms with E-state index in [0.717, 1.165) is 25.1 Å². The lowest BCUT2D eigenvalue weighted by atomic mass is 9.75. The highest BCUT2D eigenvalue weighted by Gasteiger charge is 2.44. The topological polar surface area (TPSA) is 23.6 Å². The fourth-order valence-corrected chi connectivity index (χ4v) is 5.01. The molecule has 5 rings (SSSR count). The zero-order valence-electron chi connectivity index (χ0n) is 16.3. The molecule has 142 valence electrons. The van der Waals surface area contributed by atoms with Gasteiger partial charge in [0.15, 0.2) is 0 Å². The molecule has 3 nitrogen and oxygen atoms in total. The Morgan fingerprint density at radius 3 is 2.41 bits per heavy atom. The highest BCUT2D eigenvalue weighted by Crippen LogP contribution is 2.39. The molecule has 2 aromatic rings. The van der Waals surface area contributed by atoms with E-state index in [1.807, 2.05) is 25.1 Å². The van der Waals surface area contributed by atoms with E-state index in [1.165, 1.54) is 24.9 Å². The molecule has 27 heavy (non-hydrogen) atoms. The molecule has 0 spiro atoms. The fourth-order valence-electron chi connectivity index (χ4n) is 5.01. The van der Waals surface area contributed by atoms with Crippen LogP contribution in [0.2, 0.25) is 0 Å². The fraction of sp³-hybridized carbons (Fsp3) is 0.458. The number of hydrogen-bond donors (Lipinski definition) is 0. The molecule has 2 saturated heterocycles. The molecule has 3 atom stereocenters. The third kappa shape index (κ3) is 3.93. The molecule has 2 bridgehead atoms. The molecule has 3 heteroatoms. The van der Waals surface area contributed by atoms with Crippen LogP contribution < -0.4 is 4.90 Å². The van der Waals surface area contributed by atoms with Gasteiger partial charge >= 0.3 is 0 Å². The Bertz CT molecular complexity index is 745. The average molecular weight is 363 g/mol. The Labute approximate surface area is 163 Å². The second-order valence-corrected chi connectivity index (χ2v) is 8.00. The number of para-hydroxylation sites is 1. The van der Waals surface area contributed by atoms with Gasteiger partial charge in [-0.05, 0) is 49.3 Å². The van der Waals surface area contributed by atoms with Crippen molar-refractivity contribution in [2.24, 2.45) is 5.92 Å². The van der Waals surface area contributed by atoms with Crippen LogP contribution in [0.15, 0.2) is 60.7 Å². The number of nitrogens with zero attached hydrogens (tertiary/aromatic N) is 2. The van der Waals surface area contributed by atoms with E-state index in [2.05, 4.69) is 52.3 Å². The van der Waals surface area contributed by atoms with Gasteiger partial charge in [-0.15, -0.1) is 0 Å². The van der Waals surface area contributed by atoms with Crippen molar-refractivity contribution < 1.29 is 4.79 Å². The van der Waals surface area contributed by atoms with Crippen molar-refractivity contribution in [3.63, 3.8) is 0 Å². The molecule has 0 unspecified atom stereocenters. The van der Waals surface area contributed by atoms with Crippen LogP contribution in [-0.2, 0) is 11.2 Å². The number of anilines is 1. The summed E-state index contributed by atoms with van der Waals surface area (Å²) in [6, 6.07) is 21.8. The Balaban J connectivity index is 1.54. The van der Waals surface area contributed by atoms with Crippen LogP contribution in [-0.4, -0.2) is 36.0 Å². The summed E-state index contributed by atoms with van der Waals surface area (Å²) in [7, 11) is 0. The lowest BCUT2D eigenvalue weighted by molar-refractivity contribution is -0.120. The maximum Gasteiger partial charge on any atom is 0.227 e. The predicted octanol–water partition coefficient (Wildman–Crippen LogP) is 4.53. The van der Waals surface area contributed by atoms with Gasteiger partial charge < -0.3 is 4.90 Å². The van der Waals surface area contributed by atoms with Crippen molar-refractivity contribution in [2.45, 2.75) is 51.1 Å². The normalized spacial score (nSPS) is 24.7. The molecule has 2 aromatic carbocycles. The van der Waals surface area contributed by atoms with E-state index in [1.54, 1.807) is 0 Å². The first-order valence-corrected chi connectivity index (χ1v) is 10.4. The van der Waals surface area contributed by atoms with Gasteiger partial charge in [0.1, 0.15) is 0 Å². The summed E-state index contributed by atoms with van der Waals surface area (Å²) in [6.07, 6.45) is 5.32. The zero-order valence-corrected chi connectivity index (χ0v) is 16.3. The van der Waals surface area contributed by atoms with E-state index in [0.29, 0.717) is 24.4 Å². The Hall–Kier alpha value is -2.13. The Morgan fingerprint density at radius 1 is 1.04 bits per heavy atom. The number of carbonyl (C=O) groups is 1. The molecule has 2 aliphatic heterocycles. The summed E-state index contributed by atoms with van der Waals surface area (Å²) in [5.41, 5.74) is 2.46. The minimum absolute atomic E-state index is 0.252. The Kier molecular flexibility index (Phi) is 5.58. The summed E-state index contributed by atoms with van der Waals surface area (Å²) in [5, 5.41) is 0. The molecule has 1 saturated carbocycles. The van der Waals surface area contributed by atoms with Crippen molar-refractivity contribution in [2.75, 3.05) is 18.0 Å². The third-order valence-electron chi connectivity index (χ3n) is 6.32. The largest absolute Gasteiger partial charge is 0.308 e. The van der Waals surface area contributed by atoms with E-state index in [9.17, 15) is 4.79 Å². The van der Waals surface area contributed by atoms with Crippen molar-refractivity contribution >= 4 is 11.6 Å². The minimum Gasteiger partial charge on any atom is -0.308 e. The first kappa shape index (κ1) is 18.2. The number of benzene rings is 2. The van der Waals surface area contributed by atoms with E-state index >= 15 is 0 Å². The highest BCUT2D eigenvalue weighted by atomic mass is 16.2. The minimum atomic E-state index is 0.252. The van der Waals surface area contributed by atoms with Crippen LogP contribution >= 0.6 is 0 Å². The number of hydrogen-bond acceptors (Lipinski definition) is 2. The summed E-state index contributed by atoms with van der Waals surface area (Å²) in [4.78, 5) is 17.7. The van der Waals surface area contributed by atoms with Crippen LogP contribution in [0.25, 0.3) is 0 Å². The molecule has 0 N–H and O–H groups in total. The first-order valence-electron chi connectivity index (χ1n) is 10.4. The van der Waals surface area contributed by atoms with Crippen LogP contribution in [0.5, 0.6) is 0 Å². The van der Waals surface area contributed by atoms with Crippen molar-refractivity contribution in [1.29, 1.82) is 0 Å². The average Bonchev–Trinajstić information content (AvgIpc) is 2.74. The smallest absolute Gasteiger partial charge is 0.227 e. The monoisotopic (exact) mass is 362 g/mol. The first-order chi connectivity index (χ1) is 13.3. The van der Waals surface area contributed by atoms with Crippen LogP contribution in [0, 0.1) is 5.92 Å². The second kappa shape index (κ2) is 8.26. The predicted molar refractivity (Wildman–Crippen MR) is 111 cm³/mol. The summed E-state index contributed by atoms with van der Waals surface area (Å²) in [6.45, 7) is 4.26. The number of rotatable bonds is 6. The van der Waals surface area contributed by atoms with Gasteiger partial charge in [-0.25, -0.2) is 0 Å². The third-order valence-corrected chi connectivity index (χ3v) is 6.32. The number of carbonyl (C=O) groups excluding carboxylic acids is 1. The highest BCUT2D eigenvalue weighted by molar-refractivity contribution is 5.93. The van der Waals surface area contributed by atoms with E-state index in [4.69, 9.17) is 0 Å². The summed E-state index contributed by atoms with van der Waals surface area (Å²) >= 11 is 0. The summed E-state index contributed by atoms with van der Waals surface area (Å²) in [5.74, 6) is 0.966.